The van der Waals surface area contributed by atoms with E-state index in [1.165, 1.54) is 11.6 Å². The number of fused-ring (bicyclic) bond motifs is 1. The molecule has 1 fully saturated rings. The van der Waals surface area contributed by atoms with Crippen LogP contribution < -0.4 is 9.47 Å². The van der Waals surface area contributed by atoms with Gasteiger partial charge in [0.2, 0.25) is 0 Å². The molecule has 0 spiro atoms. The van der Waals surface area contributed by atoms with Crippen molar-refractivity contribution in [1.82, 2.24) is 9.55 Å². The van der Waals surface area contributed by atoms with E-state index in [0.29, 0.717) is 25.9 Å². The topological polar surface area (TPSA) is 62.6 Å². The number of alkyl halides is 2. The van der Waals surface area contributed by atoms with Gasteiger partial charge in [0, 0.05) is 20.1 Å². The van der Waals surface area contributed by atoms with Crippen LogP contribution in [0.3, 0.4) is 0 Å². The Morgan fingerprint density at radius 3 is 2.39 bits per heavy atom. The Hall–Kier alpha value is -1.88. The number of ether oxygens (including phenoxy) is 3. The number of nitrogens with zero attached hydrogens (tertiary/aromatic N) is 2. The van der Waals surface area contributed by atoms with Gasteiger partial charge in [0.05, 0.1) is 6.10 Å². The van der Waals surface area contributed by atoms with Crippen molar-refractivity contribution in [3.8, 4) is 11.8 Å². The fourth-order valence-corrected chi connectivity index (χ4v) is 4.46. The Morgan fingerprint density at radius 2 is 1.79 bits per heavy atom. The molecule has 33 heavy (non-hydrogen) atoms. The van der Waals surface area contributed by atoms with Crippen LogP contribution in [0, 0.1) is 17.6 Å². The van der Waals surface area contributed by atoms with Crippen LogP contribution in [0.5, 0.6) is 11.8 Å². The second kappa shape index (κ2) is 11.0. The van der Waals surface area contributed by atoms with Gasteiger partial charge in [-0.3, -0.25) is 4.57 Å². The van der Waals surface area contributed by atoms with Crippen molar-refractivity contribution < 1.29 is 36.6 Å². The second-order valence-electron chi connectivity index (χ2n) is 8.48. The summed E-state index contributed by atoms with van der Waals surface area (Å²) in [6.07, 6.45) is 0.362. The minimum absolute atomic E-state index is 0.0279. The van der Waals surface area contributed by atoms with Gasteiger partial charge < -0.3 is 19.0 Å². The monoisotopic (exact) mass is 538 g/mol. The molecule has 0 amide bonds. The van der Waals surface area contributed by atoms with E-state index in [1.54, 1.807) is 6.92 Å². The van der Waals surface area contributed by atoms with Gasteiger partial charge in [0.25, 0.3) is 12.4 Å². The van der Waals surface area contributed by atoms with E-state index >= 15 is 0 Å². The van der Waals surface area contributed by atoms with E-state index < -0.39 is 34.9 Å². The number of aryl methyl sites for hydroxylation is 1. The van der Waals surface area contributed by atoms with Gasteiger partial charge in [0.1, 0.15) is 34.0 Å². The Morgan fingerprint density at radius 1 is 1.15 bits per heavy atom. The maximum atomic E-state index is 15.0. The van der Waals surface area contributed by atoms with E-state index in [0.717, 1.165) is 12.8 Å². The molecule has 0 N–H and O–H groups in total. The van der Waals surface area contributed by atoms with Crippen molar-refractivity contribution in [3.63, 3.8) is 0 Å². The Kier molecular flexibility index (Phi) is 8.60. The van der Waals surface area contributed by atoms with Crippen molar-refractivity contribution in [2.24, 2.45) is 13.0 Å². The highest BCUT2D eigenvalue weighted by Crippen LogP contribution is 2.39. The van der Waals surface area contributed by atoms with E-state index in [-0.39, 0.29) is 41.0 Å². The quantitative estimate of drug-likeness (QED) is 0.292. The van der Waals surface area contributed by atoms with Crippen LogP contribution in [-0.2, 0) is 16.6 Å². The van der Waals surface area contributed by atoms with E-state index in [1.807, 2.05) is 6.92 Å². The summed E-state index contributed by atoms with van der Waals surface area (Å²) in [6, 6.07) is 0.0279. The molecule has 1 atom stereocenters. The molecule has 1 aromatic heterocycles. The van der Waals surface area contributed by atoms with Gasteiger partial charge in [0.15, 0.2) is 17.4 Å². The summed E-state index contributed by atoms with van der Waals surface area (Å²) in [5, 5.41) is 0. The summed E-state index contributed by atoms with van der Waals surface area (Å²) in [4.78, 5) is 15.3. The zero-order chi connectivity index (χ0) is 24.3. The molecule has 0 bridgehead atoms. The third-order valence-corrected chi connectivity index (χ3v) is 6.27. The van der Waals surface area contributed by atoms with Crippen LogP contribution in [0.2, 0.25) is 0 Å². The lowest BCUT2D eigenvalue weighted by Crippen LogP contribution is -2.30. The first-order chi connectivity index (χ1) is 15.6. The number of halogens is 5. The SMILES string of the molecule is CC(=O)C[C@@H](C)COC1CCC(Oc2nc3c(F)c(Br)c(OCC(F)F)c(F)c3n2C)CC1. The lowest BCUT2D eigenvalue weighted by molar-refractivity contribution is -0.118. The molecule has 11 heteroatoms. The van der Waals surface area contributed by atoms with Gasteiger partial charge in [-0.1, -0.05) is 6.92 Å². The third-order valence-electron chi connectivity index (χ3n) is 5.56. The van der Waals surface area contributed by atoms with Gasteiger partial charge in [-0.25, -0.2) is 17.6 Å². The summed E-state index contributed by atoms with van der Waals surface area (Å²) in [5.41, 5.74) is -0.510. The first-order valence-electron chi connectivity index (χ1n) is 10.8. The number of ketones is 1. The highest BCUT2D eigenvalue weighted by molar-refractivity contribution is 9.10. The lowest BCUT2D eigenvalue weighted by Gasteiger charge is -2.29. The van der Waals surface area contributed by atoms with Gasteiger partial charge in [-0.05, 0) is 54.5 Å². The molecule has 1 saturated carbocycles. The average Bonchev–Trinajstić information content (AvgIpc) is 3.07. The van der Waals surface area contributed by atoms with Crippen molar-refractivity contribution >= 4 is 32.7 Å². The molecule has 0 aliphatic heterocycles. The lowest BCUT2D eigenvalue weighted by atomic mass is 9.95. The molecule has 0 unspecified atom stereocenters. The molecule has 0 saturated heterocycles. The Labute approximate surface area is 197 Å². The highest BCUT2D eigenvalue weighted by atomic mass is 79.9. The summed E-state index contributed by atoms with van der Waals surface area (Å²) >= 11 is 2.87. The van der Waals surface area contributed by atoms with Crippen LogP contribution in [-0.4, -0.2) is 47.2 Å². The number of rotatable bonds is 10. The zero-order valence-corrected chi connectivity index (χ0v) is 20.3. The van der Waals surface area contributed by atoms with E-state index in [9.17, 15) is 22.4 Å². The predicted molar refractivity (Wildman–Crippen MR) is 117 cm³/mol. The molecule has 184 valence electrons. The van der Waals surface area contributed by atoms with Crippen LogP contribution in [0.25, 0.3) is 11.0 Å². The average molecular weight is 539 g/mol. The Bertz CT molecular complexity index is 993. The summed E-state index contributed by atoms with van der Waals surface area (Å²) in [5.74, 6) is -2.25. The number of carbonyl (C=O) groups is 1. The van der Waals surface area contributed by atoms with Crippen molar-refractivity contribution in [3.05, 3.63) is 16.1 Å². The second-order valence-corrected chi connectivity index (χ2v) is 9.28. The van der Waals surface area contributed by atoms with Gasteiger partial charge in [-0.15, -0.1) is 0 Å². The zero-order valence-electron chi connectivity index (χ0n) is 18.7. The summed E-state index contributed by atoms with van der Waals surface area (Å²) < 4.78 is 72.2. The standard InChI is InChI=1S/C22H27BrF4N2O4/c1-11(8-12(2)30)9-31-13-4-6-14(7-5-13)33-22-28-19-17(26)16(23)21(32-10-15(24)25)18(27)20(19)29(22)3/h11,13-15H,4-10H2,1-3H3/t11-,13?,14?/m1/s1. The van der Waals surface area contributed by atoms with Crippen LogP contribution >= 0.6 is 15.9 Å². The number of hydrogen-bond acceptors (Lipinski definition) is 5. The Balaban J connectivity index is 1.67. The fraction of sp³-hybridized carbons (Fsp3) is 0.636. The number of aromatic nitrogens is 2. The normalized spacial score (nSPS) is 19.8. The molecule has 1 aromatic carbocycles. The molecule has 2 aromatic rings. The number of carbonyl (C=O) groups excluding carboxylic acids is 1. The molecule has 1 heterocycles. The largest absolute Gasteiger partial charge is 0.483 e. The number of imidazole rings is 1. The van der Waals surface area contributed by atoms with E-state index in [4.69, 9.17) is 14.2 Å². The minimum atomic E-state index is -2.84. The summed E-state index contributed by atoms with van der Waals surface area (Å²) in [6.45, 7) is 2.99. The van der Waals surface area contributed by atoms with Crippen molar-refractivity contribution in [2.45, 2.75) is 64.6 Å². The third kappa shape index (κ3) is 6.17. The maximum Gasteiger partial charge on any atom is 0.297 e. The molecule has 0 radical (unpaired) electrons. The van der Waals surface area contributed by atoms with Gasteiger partial charge >= 0.3 is 0 Å². The van der Waals surface area contributed by atoms with E-state index in [2.05, 4.69) is 20.9 Å². The number of benzene rings is 1. The van der Waals surface area contributed by atoms with Crippen LogP contribution in [0.15, 0.2) is 4.47 Å². The number of Topliss-reactive ketones (excluding diaryl/α,β-unsaturated/α-hetero) is 1. The van der Waals surface area contributed by atoms with Crippen LogP contribution in [0.4, 0.5) is 17.6 Å². The molecule has 3 rings (SSSR count). The van der Waals surface area contributed by atoms with Gasteiger partial charge in [-0.2, -0.15) is 4.98 Å². The van der Waals surface area contributed by atoms with Crippen LogP contribution in [0.1, 0.15) is 46.0 Å². The predicted octanol–water partition coefficient (Wildman–Crippen LogP) is 5.58. The first-order valence-corrected chi connectivity index (χ1v) is 11.6. The first kappa shape index (κ1) is 25.7. The van der Waals surface area contributed by atoms with Crippen molar-refractivity contribution in [1.29, 1.82) is 0 Å². The smallest absolute Gasteiger partial charge is 0.297 e. The molecular formula is C22H27BrF4N2O4. The molecule has 6 nitrogen and oxygen atoms in total. The fourth-order valence-electron chi connectivity index (χ4n) is 3.98. The van der Waals surface area contributed by atoms with Crippen molar-refractivity contribution in [2.75, 3.05) is 13.2 Å². The summed E-state index contributed by atoms with van der Waals surface area (Å²) in [7, 11) is 1.46. The molecule has 1 aliphatic rings. The molecule has 1 aliphatic carbocycles. The molecular weight excluding hydrogens is 512 g/mol. The maximum absolute atomic E-state index is 15.0. The highest BCUT2D eigenvalue weighted by Gasteiger charge is 2.29. The minimum Gasteiger partial charge on any atom is -0.483 e. The number of hydrogen-bond donors (Lipinski definition) is 0.